The first-order valence-electron chi connectivity index (χ1n) is 8.31. The number of nitrogens with one attached hydrogen (secondary N) is 2. The number of fused-ring (bicyclic) bond motifs is 1. The zero-order valence-corrected chi connectivity index (χ0v) is 14.6. The van der Waals surface area contributed by atoms with Crippen molar-refractivity contribution in [3.63, 3.8) is 0 Å². The maximum absolute atomic E-state index is 12.9. The Balaban J connectivity index is 1.86. The second kappa shape index (κ2) is 7.06. The van der Waals surface area contributed by atoms with Crippen LogP contribution in [0.25, 0.3) is 0 Å². The van der Waals surface area contributed by atoms with Gasteiger partial charge in [0.05, 0.1) is 18.7 Å². The minimum atomic E-state index is -0.496. The Bertz CT molecular complexity index is 813. The van der Waals surface area contributed by atoms with Gasteiger partial charge in [0.2, 0.25) is 5.91 Å². The highest BCUT2D eigenvalue weighted by molar-refractivity contribution is 6.02. The van der Waals surface area contributed by atoms with E-state index in [0.717, 1.165) is 23.2 Å². The van der Waals surface area contributed by atoms with Crippen LogP contribution >= 0.6 is 0 Å². The molecule has 132 valence electrons. The Morgan fingerprint density at radius 1 is 1.44 bits per heavy atom. The number of benzene rings is 1. The van der Waals surface area contributed by atoms with Gasteiger partial charge in [-0.2, -0.15) is 5.10 Å². The SMILES string of the molecule is CCOC(=O)c1cnn(C)c1NC(=O)C1CNCc2ccc(C)cc21. The first-order valence-corrected chi connectivity index (χ1v) is 8.31. The van der Waals surface area contributed by atoms with Crippen molar-refractivity contribution in [1.29, 1.82) is 0 Å². The topological polar surface area (TPSA) is 85.2 Å². The third-order valence-electron chi connectivity index (χ3n) is 4.33. The molecule has 2 aromatic rings. The first kappa shape index (κ1) is 17.2. The number of aryl methyl sites for hydroxylation is 2. The Morgan fingerprint density at radius 2 is 2.24 bits per heavy atom. The number of carbonyl (C=O) groups is 2. The van der Waals surface area contributed by atoms with Crippen LogP contribution in [0.2, 0.25) is 0 Å². The van der Waals surface area contributed by atoms with Gasteiger partial charge in [0.1, 0.15) is 11.4 Å². The fourth-order valence-corrected chi connectivity index (χ4v) is 3.04. The highest BCUT2D eigenvalue weighted by Crippen LogP contribution is 2.27. The lowest BCUT2D eigenvalue weighted by Gasteiger charge is -2.26. The second-order valence-corrected chi connectivity index (χ2v) is 6.13. The number of ether oxygens (including phenoxy) is 1. The molecule has 25 heavy (non-hydrogen) atoms. The molecule has 3 rings (SSSR count). The fraction of sp³-hybridized carbons (Fsp3) is 0.389. The summed E-state index contributed by atoms with van der Waals surface area (Å²) in [7, 11) is 1.68. The summed E-state index contributed by atoms with van der Waals surface area (Å²) >= 11 is 0. The molecule has 2 heterocycles. The predicted molar refractivity (Wildman–Crippen MR) is 93.4 cm³/mol. The molecular weight excluding hydrogens is 320 g/mol. The van der Waals surface area contributed by atoms with E-state index in [9.17, 15) is 9.59 Å². The molecule has 1 aromatic carbocycles. The lowest BCUT2D eigenvalue weighted by Crippen LogP contribution is -2.36. The minimum Gasteiger partial charge on any atom is -0.462 e. The van der Waals surface area contributed by atoms with Gasteiger partial charge < -0.3 is 15.4 Å². The standard InChI is InChI=1S/C18H22N4O3/c1-4-25-18(24)15-10-20-22(3)16(15)21-17(23)14-9-19-8-12-6-5-11(2)7-13(12)14/h5-7,10,14,19H,4,8-9H2,1-3H3,(H,21,23). The van der Waals surface area contributed by atoms with Gasteiger partial charge in [-0.05, 0) is 25.0 Å². The Hall–Kier alpha value is -2.67. The van der Waals surface area contributed by atoms with Crippen LogP contribution in [-0.2, 0) is 23.1 Å². The van der Waals surface area contributed by atoms with Crippen LogP contribution in [0.3, 0.4) is 0 Å². The van der Waals surface area contributed by atoms with E-state index >= 15 is 0 Å². The first-order chi connectivity index (χ1) is 12.0. The van der Waals surface area contributed by atoms with Gasteiger partial charge in [-0.25, -0.2) is 4.79 Å². The average Bonchev–Trinajstić information content (AvgIpc) is 2.95. The molecular formula is C18H22N4O3. The Labute approximate surface area is 146 Å². The highest BCUT2D eigenvalue weighted by atomic mass is 16.5. The largest absolute Gasteiger partial charge is 0.462 e. The quantitative estimate of drug-likeness (QED) is 0.827. The monoisotopic (exact) mass is 342 g/mol. The molecule has 1 atom stereocenters. The van der Waals surface area contributed by atoms with Gasteiger partial charge in [-0.15, -0.1) is 0 Å². The number of carbonyl (C=O) groups excluding carboxylic acids is 2. The molecule has 0 saturated carbocycles. The summed E-state index contributed by atoms with van der Waals surface area (Å²) in [6.45, 7) is 5.31. The van der Waals surface area contributed by atoms with Crippen molar-refractivity contribution in [1.82, 2.24) is 15.1 Å². The highest BCUT2D eigenvalue weighted by Gasteiger charge is 2.28. The number of aromatic nitrogens is 2. The molecule has 0 radical (unpaired) electrons. The molecule has 0 saturated heterocycles. The summed E-state index contributed by atoms with van der Waals surface area (Å²) in [5.74, 6) is -0.645. The van der Waals surface area contributed by atoms with E-state index in [1.165, 1.54) is 10.9 Å². The molecule has 0 spiro atoms. The molecule has 1 aliphatic heterocycles. The van der Waals surface area contributed by atoms with E-state index in [1.807, 2.05) is 19.1 Å². The van der Waals surface area contributed by atoms with E-state index in [0.29, 0.717) is 12.4 Å². The van der Waals surface area contributed by atoms with Crippen molar-refractivity contribution in [3.8, 4) is 0 Å². The van der Waals surface area contributed by atoms with Gasteiger partial charge in [0.25, 0.3) is 0 Å². The Kier molecular flexibility index (Phi) is 4.85. The molecule has 0 aliphatic carbocycles. The van der Waals surface area contributed by atoms with E-state index in [-0.39, 0.29) is 24.0 Å². The molecule has 1 amide bonds. The number of anilines is 1. The zero-order valence-electron chi connectivity index (χ0n) is 14.6. The van der Waals surface area contributed by atoms with Crippen LogP contribution < -0.4 is 10.6 Å². The summed E-state index contributed by atoms with van der Waals surface area (Å²) in [6.07, 6.45) is 1.41. The summed E-state index contributed by atoms with van der Waals surface area (Å²) in [5, 5.41) is 10.2. The molecule has 2 N–H and O–H groups in total. The van der Waals surface area contributed by atoms with Crippen LogP contribution in [0.15, 0.2) is 24.4 Å². The Morgan fingerprint density at radius 3 is 3.00 bits per heavy atom. The average molecular weight is 342 g/mol. The summed E-state index contributed by atoms with van der Waals surface area (Å²) in [6, 6.07) is 6.14. The molecule has 0 bridgehead atoms. The van der Waals surface area contributed by atoms with Crippen molar-refractivity contribution >= 4 is 17.7 Å². The number of nitrogens with zero attached hydrogens (tertiary/aromatic N) is 2. The van der Waals surface area contributed by atoms with E-state index < -0.39 is 5.97 Å². The van der Waals surface area contributed by atoms with Crippen LogP contribution in [0.1, 0.15) is 39.9 Å². The molecule has 1 aromatic heterocycles. The van der Waals surface area contributed by atoms with E-state index in [1.54, 1.807) is 14.0 Å². The third kappa shape index (κ3) is 3.41. The smallest absolute Gasteiger partial charge is 0.343 e. The van der Waals surface area contributed by atoms with Crippen molar-refractivity contribution in [3.05, 3.63) is 46.6 Å². The molecule has 7 nitrogen and oxygen atoms in total. The van der Waals surface area contributed by atoms with Crippen LogP contribution in [0, 0.1) is 6.92 Å². The van der Waals surface area contributed by atoms with Crippen molar-refractivity contribution in [2.75, 3.05) is 18.5 Å². The van der Waals surface area contributed by atoms with Gasteiger partial charge in [-0.1, -0.05) is 23.8 Å². The lowest BCUT2D eigenvalue weighted by molar-refractivity contribution is -0.117. The van der Waals surface area contributed by atoms with Gasteiger partial charge in [0, 0.05) is 20.1 Å². The molecule has 1 unspecified atom stereocenters. The van der Waals surface area contributed by atoms with Crippen LogP contribution in [-0.4, -0.2) is 34.8 Å². The minimum absolute atomic E-state index is 0.173. The van der Waals surface area contributed by atoms with Crippen molar-refractivity contribution in [2.24, 2.45) is 7.05 Å². The fourth-order valence-electron chi connectivity index (χ4n) is 3.04. The number of hydrogen-bond donors (Lipinski definition) is 2. The summed E-state index contributed by atoms with van der Waals surface area (Å²) in [5.41, 5.74) is 3.51. The van der Waals surface area contributed by atoms with Crippen molar-refractivity contribution < 1.29 is 14.3 Å². The van der Waals surface area contributed by atoms with Crippen molar-refractivity contribution in [2.45, 2.75) is 26.3 Å². The number of hydrogen-bond acceptors (Lipinski definition) is 5. The number of rotatable bonds is 4. The second-order valence-electron chi connectivity index (χ2n) is 6.13. The van der Waals surface area contributed by atoms with E-state index in [2.05, 4.69) is 21.8 Å². The number of esters is 1. The summed E-state index contributed by atoms with van der Waals surface area (Å²) in [4.78, 5) is 24.9. The number of amides is 1. The molecule has 1 aliphatic rings. The molecule has 7 heteroatoms. The van der Waals surface area contributed by atoms with Crippen LogP contribution in [0.4, 0.5) is 5.82 Å². The van der Waals surface area contributed by atoms with Gasteiger partial charge in [-0.3, -0.25) is 9.48 Å². The van der Waals surface area contributed by atoms with Gasteiger partial charge >= 0.3 is 5.97 Å². The maximum atomic E-state index is 12.9. The van der Waals surface area contributed by atoms with Crippen LogP contribution in [0.5, 0.6) is 0 Å². The maximum Gasteiger partial charge on any atom is 0.343 e. The van der Waals surface area contributed by atoms with Gasteiger partial charge in [0.15, 0.2) is 0 Å². The zero-order chi connectivity index (χ0) is 18.0. The predicted octanol–water partition coefficient (Wildman–Crippen LogP) is 1.73. The lowest BCUT2D eigenvalue weighted by atomic mass is 9.89. The summed E-state index contributed by atoms with van der Waals surface area (Å²) < 4.78 is 6.49. The normalized spacial score (nSPS) is 16.2. The van der Waals surface area contributed by atoms with E-state index in [4.69, 9.17) is 4.74 Å². The third-order valence-corrected chi connectivity index (χ3v) is 4.33. The molecule has 0 fully saturated rings.